The summed E-state index contributed by atoms with van der Waals surface area (Å²) in [5, 5.41) is 4.58. The average molecular weight is 288 g/mol. The van der Waals surface area contributed by atoms with Gasteiger partial charge in [-0.2, -0.15) is 4.89 Å². The largest absolute Gasteiger partial charge is 0.346 e. The molecule has 0 radical (unpaired) electrons. The molecule has 4 nitrogen and oxygen atoms in total. The van der Waals surface area contributed by atoms with Crippen LogP contribution in [0.25, 0.3) is 0 Å². The highest BCUT2D eigenvalue weighted by Crippen LogP contribution is 2.38. The molecule has 0 rings (SSSR count). The lowest BCUT2D eigenvalue weighted by Crippen LogP contribution is -2.27. The van der Waals surface area contributed by atoms with Crippen molar-refractivity contribution in [2.24, 2.45) is 11.3 Å². The highest BCUT2D eigenvalue weighted by molar-refractivity contribution is 5.69. The van der Waals surface area contributed by atoms with Crippen molar-refractivity contribution in [2.75, 3.05) is 0 Å². The quantitative estimate of drug-likeness (QED) is 0.450. The van der Waals surface area contributed by atoms with Crippen LogP contribution in [0.15, 0.2) is 0 Å². The van der Waals surface area contributed by atoms with Gasteiger partial charge in [0.05, 0.1) is 12.0 Å². The molecule has 0 spiro atoms. The maximum absolute atomic E-state index is 11.9. The molecule has 120 valence electrons. The Hall–Kier alpha value is -0.610. The van der Waals surface area contributed by atoms with E-state index in [0.717, 1.165) is 25.7 Å². The third-order valence-corrected chi connectivity index (χ3v) is 3.91. The minimum absolute atomic E-state index is 0.00238. The summed E-state index contributed by atoms with van der Waals surface area (Å²) in [6.45, 7) is 14.1. The molecule has 0 aliphatic heterocycles. The van der Waals surface area contributed by atoms with Crippen LogP contribution in [0.3, 0.4) is 0 Å². The predicted octanol–water partition coefficient (Wildman–Crippen LogP) is 4.82. The first-order chi connectivity index (χ1) is 9.18. The van der Waals surface area contributed by atoms with E-state index in [4.69, 9.17) is 9.78 Å². The van der Waals surface area contributed by atoms with E-state index in [1.165, 1.54) is 0 Å². The number of carbonyl (C=O) groups is 1. The minimum atomic E-state index is -0.496. The molecule has 1 atom stereocenters. The van der Waals surface area contributed by atoms with Gasteiger partial charge in [0.1, 0.15) is 0 Å². The van der Waals surface area contributed by atoms with Gasteiger partial charge in [0, 0.05) is 0 Å². The summed E-state index contributed by atoms with van der Waals surface area (Å²) in [5.74, 6) is 0.246. The molecule has 0 fully saturated rings. The van der Waals surface area contributed by atoms with E-state index >= 15 is 0 Å². The molecule has 0 saturated carbocycles. The Balaban J connectivity index is 4.40. The second-order valence-electron chi connectivity index (χ2n) is 6.82. The molecular formula is C16H32O4. The molecule has 20 heavy (non-hydrogen) atoms. The van der Waals surface area contributed by atoms with Crippen molar-refractivity contribution in [3.63, 3.8) is 0 Å². The van der Waals surface area contributed by atoms with E-state index in [-0.39, 0.29) is 11.4 Å². The molecule has 0 aliphatic carbocycles. The standard InChI is InChI=1S/C16H32O4/c1-8-13(4)11-16(9-2,10-3)12-14(17)18-20-19-15(5,6)7/h13H,8-12H2,1-7H3. The van der Waals surface area contributed by atoms with Crippen LogP contribution in [0.2, 0.25) is 0 Å². The third kappa shape index (κ3) is 7.85. The second kappa shape index (κ2) is 8.63. The minimum Gasteiger partial charge on any atom is -0.269 e. The Labute approximate surface area is 124 Å². The fourth-order valence-electron chi connectivity index (χ4n) is 2.24. The Morgan fingerprint density at radius 2 is 1.65 bits per heavy atom. The normalized spacial score (nSPS) is 14.2. The van der Waals surface area contributed by atoms with Gasteiger partial charge in [-0.3, -0.25) is 4.89 Å². The maximum atomic E-state index is 11.9. The van der Waals surface area contributed by atoms with Crippen LogP contribution in [0.1, 0.15) is 80.6 Å². The molecule has 1 unspecified atom stereocenters. The molecule has 0 bridgehead atoms. The highest BCUT2D eigenvalue weighted by Gasteiger charge is 2.32. The van der Waals surface area contributed by atoms with E-state index in [9.17, 15) is 4.79 Å². The van der Waals surface area contributed by atoms with Gasteiger partial charge in [0.15, 0.2) is 0 Å². The van der Waals surface area contributed by atoms with Crippen LogP contribution in [0, 0.1) is 11.3 Å². The summed E-state index contributed by atoms with van der Waals surface area (Å²) in [4.78, 5) is 21.6. The van der Waals surface area contributed by atoms with E-state index in [2.05, 4.69) is 32.7 Å². The zero-order valence-corrected chi connectivity index (χ0v) is 14.2. The van der Waals surface area contributed by atoms with Crippen LogP contribution in [0.4, 0.5) is 0 Å². The second-order valence-corrected chi connectivity index (χ2v) is 6.82. The van der Waals surface area contributed by atoms with Crippen molar-refractivity contribution in [3.05, 3.63) is 0 Å². The molecule has 0 N–H and O–H groups in total. The first-order valence-electron chi connectivity index (χ1n) is 7.73. The smallest absolute Gasteiger partial charge is 0.269 e. The zero-order valence-electron chi connectivity index (χ0n) is 14.2. The molecule has 0 aromatic heterocycles. The monoisotopic (exact) mass is 288 g/mol. The van der Waals surface area contributed by atoms with E-state index in [1.807, 2.05) is 20.8 Å². The van der Waals surface area contributed by atoms with Gasteiger partial charge in [-0.15, -0.1) is 0 Å². The summed E-state index contributed by atoms with van der Waals surface area (Å²) in [5.41, 5.74) is -0.499. The lowest BCUT2D eigenvalue weighted by Gasteiger charge is -2.33. The topological polar surface area (TPSA) is 44.8 Å². The Kier molecular flexibility index (Phi) is 8.36. The fourth-order valence-corrected chi connectivity index (χ4v) is 2.24. The van der Waals surface area contributed by atoms with Crippen molar-refractivity contribution < 1.29 is 19.6 Å². The van der Waals surface area contributed by atoms with Gasteiger partial charge in [0.25, 0.3) is 0 Å². The molecule has 0 heterocycles. The van der Waals surface area contributed by atoms with Crippen LogP contribution >= 0.6 is 0 Å². The summed E-state index contributed by atoms with van der Waals surface area (Å²) in [6.07, 6.45) is 4.45. The predicted molar refractivity (Wildman–Crippen MR) is 79.7 cm³/mol. The summed E-state index contributed by atoms with van der Waals surface area (Å²) >= 11 is 0. The van der Waals surface area contributed by atoms with E-state index in [0.29, 0.717) is 12.3 Å². The number of carbonyl (C=O) groups excluding carboxylic acids is 1. The molecule has 4 heteroatoms. The van der Waals surface area contributed by atoms with Gasteiger partial charge in [0.2, 0.25) is 0 Å². The summed E-state index contributed by atoms with van der Waals surface area (Å²) < 4.78 is 0. The first kappa shape index (κ1) is 19.4. The van der Waals surface area contributed by atoms with Gasteiger partial charge in [-0.1, -0.05) is 34.1 Å². The van der Waals surface area contributed by atoms with E-state index < -0.39 is 5.60 Å². The number of hydrogen-bond donors (Lipinski definition) is 0. The lowest BCUT2D eigenvalue weighted by atomic mass is 9.72. The van der Waals surface area contributed by atoms with Crippen molar-refractivity contribution in [1.29, 1.82) is 0 Å². The molecular weight excluding hydrogens is 256 g/mol. The van der Waals surface area contributed by atoms with E-state index in [1.54, 1.807) is 0 Å². The Bertz CT molecular complexity index is 277. The van der Waals surface area contributed by atoms with Gasteiger partial charge >= 0.3 is 5.97 Å². The van der Waals surface area contributed by atoms with Crippen LogP contribution in [0.5, 0.6) is 0 Å². The molecule has 0 aromatic rings. The number of hydrogen-bond acceptors (Lipinski definition) is 4. The SMILES string of the molecule is CCC(C)CC(CC)(CC)CC(=O)OOOC(C)(C)C. The maximum Gasteiger partial charge on any atom is 0.346 e. The zero-order chi connectivity index (χ0) is 15.8. The van der Waals surface area contributed by atoms with Gasteiger partial charge in [-0.05, 0) is 56.4 Å². The van der Waals surface area contributed by atoms with Crippen molar-refractivity contribution in [1.82, 2.24) is 0 Å². The van der Waals surface area contributed by atoms with Crippen molar-refractivity contribution >= 4 is 5.97 Å². The molecule has 0 aliphatic rings. The van der Waals surface area contributed by atoms with Crippen LogP contribution in [-0.4, -0.2) is 11.6 Å². The summed E-state index contributed by atoms with van der Waals surface area (Å²) in [6, 6.07) is 0. The fraction of sp³-hybridized carbons (Fsp3) is 0.938. The Morgan fingerprint density at radius 1 is 1.10 bits per heavy atom. The van der Waals surface area contributed by atoms with Crippen LogP contribution in [-0.2, 0) is 19.6 Å². The molecule has 0 amide bonds. The van der Waals surface area contributed by atoms with Crippen LogP contribution < -0.4 is 0 Å². The number of rotatable bonds is 9. The Morgan fingerprint density at radius 3 is 2.05 bits per heavy atom. The molecule has 0 aromatic carbocycles. The molecule has 0 saturated heterocycles. The van der Waals surface area contributed by atoms with Crippen molar-refractivity contribution in [3.8, 4) is 0 Å². The third-order valence-electron chi connectivity index (χ3n) is 3.91. The summed E-state index contributed by atoms with van der Waals surface area (Å²) in [7, 11) is 0. The van der Waals surface area contributed by atoms with Crippen molar-refractivity contribution in [2.45, 2.75) is 86.2 Å². The first-order valence-corrected chi connectivity index (χ1v) is 7.73. The average Bonchev–Trinajstić information content (AvgIpc) is 2.36. The van der Waals surface area contributed by atoms with Gasteiger partial charge < -0.3 is 0 Å². The highest BCUT2D eigenvalue weighted by atomic mass is 17.5. The lowest BCUT2D eigenvalue weighted by molar-refractivity contribution is -0.514. The van der Waals surface area contributed by atoms with Gasteiger partial charge in [-0.25, -0.2) is 4.79 Å².